The summed E-state index contributed by atoms with van der Waals surface area (Å²) in [6.45, 7) is 4.73. The van der Waals surface area contributed by atoms with E-state index in [2.05, 4.69) is 29.3 Å². The van der Waals surface area contributed by atoms with Crippen LogP contribution in [0.15, 0.2) is 24.3 Å². The van der Waals surface area contributed by atoms with Crippen molar-refractivity contribution in [1.29, 1.82) is 0 Å². The van der Waals surface area contributed by atoms with Gasteiger partial charge in [-0.05, 0) is 50.6 Å². The maximum Gasteiger partial charge on any atom is 0.148 e. The Hall–Kier alpha value is -0.620. The van der Waals surface area contributed by atoms with Gasteiger partial charge in [0.05, 0.1) is 5.75 Å². The third kappa shape index (κ3) is 5.88. The Bertz CT molecular complexity index is 566. The van der Waals surface area contributed by atoms with Crippen molar-refractivity contribution in [3.8, 4) is 0 Å². The fourth-order valence-electron chi connectivity index (χ4n) is 2.82. The van der Waals surface area contributed by atoms with Gasteiger partial charge in [-0.2, -0.15) is 0 Å². The summed E-state index contributed by atoms with van der Waals surface area (Å²) in [4.78, 5) is 2.24. The minimum absolute atomic E-state index is 0.256. The molecule has 2 rings (SSSR count). The lowest BCUT2D eigenvalue weighted by Gasteiger charge is -2.33. The van der Waals surface area contributed by atoms with Gasteiger partial charge in [0.1, 0.15) is 9.84 Å². The van der Waals surface area contributed by atoms with Gasteiger partial charge in [0.15, 0.2) is 0 Å². The van der Waals surface area contributed by atoms with Gasteiger partial charge in [-0.1, -0.05) is 23.7 Å². The first-order valence-electron chi connectivity index (χ1n) is 7.75. The van der Waals surface area contributed by atoms with E-state index < -0.39 is 9.84 Å². The topological polar surface area (TPSA) is 49.4 Å². The zero-order valence-electron chi connectivity index (χ0n) is 13.3. The molecule has 0 spiro atoms. The van der Waals surface area contributed by atoms with Crippen LogP contribution >= 0.6 is 11.6 Å². The summed E-state index contributed by atoms with van der Waals surface area (Å²) in [5, 5.41) is 4.42. The van der Waals surface area contributed by atoms with Crippen LogP contribution in [-0.4, -0.2) is 51.0 Å². The lowest BCUT2D eigenvalue weighted by atomic mass is 10.0. The summed E-state index contributed by atoms with van der Waals surface area (Å²) in [7, 11) is -2.86. The molecule has 1 aromatic rings. The molecule has 1 aliphatic rings. The fourth-order valence-corrected chi connectivity index (χ4v) is 3.54. The Kier molecular flexibility index (Phi) is 6.26. The van der Waals surface area contributed by atoms with E-state index in [0.717, 1.165) is 31.0 Å². The summed E-state index contributed by atoms with van der Waals surface area (Å²) in [6, 6.07) is 8.73. The summed E-state index contributed by atoms with van der Waals surface area (Å²) in [6.07, 6.45) is 3.42. The molecule has 1 aliphatic heterocycles. The fraction of sp³-hybridized carbons (Fsp3) is 0.625. The Morgan fingerprint density at radius 3 is 2.41 bits per heavy atom. The van der Waals surface area contributed by atoms with Crippen LogP contribution in [0, 0.1) is 0 Å². The van der Waals surface area contributed by atoms with Crippen molar-refractivity contribution < 1.29 is 8.42 Å². The number of piperidine rings is 1. The van der Waals surface area contributed by atoms with Crippen molar-refractivity contribution in [2.24, 2.45) is 0 Å². The van der Waals surface area contributed by atoms with Crippen LogP contribution in [0.3, 0.4) is 0 Å². The SMILES string of the molecule is C[C@@H](NC1CCN(CCS(C)(=O)=O)CC1)c1ccc(Cl)cc1. The van der Waals surface area contributed by atoms with Gasteiger partial charge in [0.2, 0.25) is 0 Å². The molecule has 0 amide bonds. The molecular formula is C16H25ClN2O2S. The number of halogens is 1. The third-order valence-electron chi connectivity index (χ3n) is 4.22. The zero-order valence-corrected chi connectivity index (χ0v) is 14.8. The van der Waals surface area contributed by atoms with Crippen LogP contribution in [0.2, 0.25) is 5.02 Å². The highest BCUT2D eigenvalue weighted by molar-refractivity contribution is 7.90. The summed E-state index contributed by atoms with van der Waals surface area (Å²) in [5.41, 5.74) is 1.24. The van der Waals surface area contributed by atoms with Crippen LogP contribution < -0.4 is 5.32 Å². The van der Waals surface area contributed by atoms with E-state index in [0.29, 0.717) is 18.6 Å². The lowest BCUT2D eigenvalue weighted by molar-refractivity contribution is 0.201. The van der Waals surface area contributed by atoms with Gasteiger partial charge in [0.25, 0.3) is 0 Å². The van der Waals surface area contributed by atoms with Gasteiger partial charge < -0.3 is 10.2 Å². The number of sulfone groups is 1. The molecule has 1 fully saturated rings. The van der Waals surface area contributed by atoms with Crippen molar-refractivity contribution in [1.82, 2.24) is 10.2 Å². The van der Waals surface area contributed by atoms with E-state index in [-0.39, 0.29) is 5.75 Å². The van der Waals surface area contributed by atoms with Crippen molar-refractivity contribution in [3.05, 3.63) is 34.9 Å². The molecule has 6 heteroatoms. The zero-order chi connectivity index (χ0) is 16.2. The van der Waals surface area contributed by atoms with Crippen molar-refractivity contribution >= 4 is 21.4 Å². The second kappa shape index (κ2) is 7.77. The van der Waals surface area contributed by atoms with Gasteiger partial charge in [-0.25, -0.2) is 8.42 Å². The van der Waals surface area contributed by atoms with E-state index in [1.165, 1.54) is 11.8 Å². The molecule has 0 radical (unpaired) electrons. The average Bonchev–Trinajstić information content (AvgIpc) is 2.46. The summed E-state index contributed by atoms with van der Waals surface area (Å²) < 4.78 is 22.4. The predicted molar refractivity (Wildman–Crippen MR) is 92.2 cm³/mol. The Morgan fingerprint density at radius 1 is 1.27 bits per heavy atom. The minimum Gasteiger partial charge on any atom is -0.307 e. The van der Waals surface area contributed by atoms with Gasteiger partial charge >= 0.3 is 0 Å². The number of likely N-dealkylation sites (tertiary alicyclic amines) is 1. The Morgan fingerprint density at radius 2 is 1.86 bits per heavy atom. The number of rotatable bonds is 6. The monoisotopic (exact) mass is 344 g/mol. The van der Waals surface area contributed by atoms with E-state index in [4.69, 9.17) is 11.6 Å². The molecule has 4 nitrogen and oxygen atoms in total. The molecule has 0 unspecified atom stereocenters. The highest BCUT2D eigenvalue weighted by Gasteiger charge is 2.21. The first kappa shape index (κ1) is 17.7. The minimum atomic E-state index is -2.86. The van der Waals surface area contributed by atoms with E-state index in [1.54, 1.807) is 0 Å². The van der Waals surface area contributed by atoms with Crippen LogP contribution in [-0.2, 0) is 9.84 Å². The van der Waals surface area contributed by atoms with Crippen molar-refractivity contribution in [2.45, 2.75) is 31.8 Å². The molecule has 1 heterocycles. The molecule has 0 bridgehead atoms. The molecule has 1 saturated heterocycles. The second-order valence-corrected chi connectivity index (χ2v) is 8.88. The molecule has 1 atom stereocenters. The van der Waals surface area contributed by atoms with E-state index in [1.807, 2.05) is 12.1 Å². The molecule has 1 N–H and O–H groups in total. The number of nitrogens with zero attached hydrogens (tertiary/aromatic N) is 1. The third-order valence-corrected chi connectivity index (χ3v) is 5.40. The Labute approximate surface area is 138 Å². The highest BCUT2D eigenvalue weighted by atomic mass is 35.5. The number of nitrogens with one attached hydrogen (secondary N) is 1. The number of hydrogen-bond acceptors (Lipinski definition) is 4. The van der Waals surface area contributed by atoms with Crippen LogP contribution in [0.4, 0.5) is 0 Å². The normalized spacial score (nSPS) is 19.2. The quantitative estimate of drug-likeness (QED) is 0.861. The second-order valence-electron chi connectivity index (χ2n) is 6.19. The van der Waals surface area contributed by atoms with E-state index in [9.17, 15) is 8.42 Å². The molecular weight excluding hydrogens is 320 g/mol. The van der Waals surface area contributed by atoms with Gasteiger partial charge in [0, 0.05) is 29.9 Å². The van der Waals surface area contributed by atoms with Crippen LogP contribution in [0.25, 0.3) is 0 Å². The molecule has 0 aromatic heterocycles. The van der Waals surface area contributed by atoms with Crippen molar-refractivity contribution in [2.75, 3.05) is 31.6 Å². The van der Waals surface area contributed by atoms with Crippen LogP contribution in [0.5, 0.6) is 0 Å². The molecule has 0 saturated carbocycles. The van der Waals surface area contributed by atoms with Crippen molar-refractivity contribution in [3.63, 3.8) is 0 Å². The number of hydrogen-bond donors (Lipinski definition) is 1. The number of benzene rings is 1. The first-order valence-corrected chi connectivity index (χ1v) is 10.2. The average molecular weight is 345 g/mol. The summed E-state index contributed by atoms with van der Waals surface area (Å²) >= 11 is 5.92. The largest absolute Gasteiger partial charge is 0.307 e. The van der Waals surface area contributed by atoms with Crippen LogP contribution in [0.1, 0.15) is 31.4 Å². The maximum atomic E-state index is 11.2. The van der Waals surface area contributed by atoms with Gasteiger partial charge in [-0.3, -0.25) is 0 Å². The summed E-state index contributed by atoms with van der Waals surface area (Å²) in [5.74, 6) is 0.256. The maximum absolute atomic E-state index is 11.2. The smallest absolute Gasteiger partial charge is 0.148 e. The first-order chi connectivity index (χ1) is 10.3. The molecule has 124 valence electrons. The van der Waals surface area contributed by atoms with E-state index >= 15 is 0 Å². The van der Waals surface area contributed by atoms with Gasteiger partial charge in [-0.15, -0.1) is 0 Å². The standard InChI is InChI=1S/C16H25ClN2O2S/c1-13(14-3-5-15(17)6-4-14)18-16-7-9-19(10-8-16)11-12-22(2,20)21/h3-6,13,16,18H,7-12H2,1-2H3/t13-/m1/s1. The molecule has 0 aliphatic carbocycles. The molecule has 1 aromatic carbocycles. The lowest BCUT2D eigenvalue weighted by Crippen LogP contribution is -2.44. The highest BCUT2D eigenvalue weighted by Crippen LogP contribution is 2.19. The predicted octanol–water partition coefficient (Wildman–Crippen LogP) is 2.50. The Balaban J connectivity index is 1.76. The molecule has 22 heavy (non-hydrogen) atoms.